The van der Waals surface area contributed by atoms with Gasteiger partial charge < -0.3 is 10.4 Å². The molecule has 0 aliphatic heterocycles. The molecule has 0 spiro atoms. The molecule has 1 unspecified atom stereocenters. The van der Waals surface area contributed by atoms with Gasteiger partial charge in [0, 0.05) is 29.1 Å². The van der Waals surface area contributed by atoms with Gasteiger partial charge in [-0.15, -0.1) is 5.10 Å². The van der Waals surface area contributed by atoms with Gasteiger partial charge >= 0.3 is 0 Å². The number of aryl methyl sites for hydroxylation is 1. The number of nitrogens with one attached hydrogen (secondary N) is 1. The number of nitrogens with zero attached hydrogens (tertiary/aromatic N) is 7. The maximum Gasteiger partial charge on any atom is 0.153 e. The predicted molar refractivity (Wildman–Crippen MR) is 138 cm³/mol. The van der Waals surface area contributed by atoms with E-state index in [1.165, 1.54) is 12.8 Å². The second kappa shape index (κ2) is 8.83. The van der Waals surface area contributed by atoms with E-state index < -0.39 is 6.10 Å². The molecule has 5 aromatic rings. The molecule has 182 valence electrons. The molecule has 4 aromatic heterocycles. The second-order valence-corrected chi connectivity index (χ2v) is 9.56. The van der Waals surface area contributed by atoms with Crippen molar-refractivity contribution >= 4 is 22.5 Å². The Balaban J connectivity index is 1.36. The molecule has 1 aliphatic rings. The van der Waals surface area contributed by atoms with Crippen molar-refractivity contribution < 1.29 is 5.11 Å². The van der Waals surface area contributed by atoms with Crippen molar-refractivity contribution in [3.8, 4) is 17.1 Å². The Morgan fingerprint density at radius 2 is 1.94 bits per heavy atom. The lowest BCUT2D eigenvalue weighted by atomic mass is 10.0. The van der Waals surface area contributed by atoms with Crippen LogP contribution in [0, 0.1) is 19.8 Å². The smallest absolute Gasteiger partial charge is 0.153 e. The first-order chi connectivity index (χ1) is 17.5. The van der Waals surface area contributed by atoms with Crippen molar-refractivity contribution in [2.24, 2.45) is 5.92 Å². The van der Waals surface area contributed by atoms with Crippen LogP contribution in [0.25, 0.3) is 28.1 Å². The summed E-state index contributed by atoms with van der Waals surface area (Å²) < 4.78 is 4.02. The topological polar surface area (TPSA) is 107 Å². The van der Waals surface area contributed by atoms with E-state index in [0.29, 0.717) is 5.82 Å². The first-order valence-electron chi connectivity index (χ1n) is 12.2. The summed E-state index contributed by atoms with van der Waals surface area (Å²) in [5.74, 6) is 2.13. The fourth-order valence-corrected chi connectivity index (χ4v) is 4.44. The van der Waals surface area contributed by atoms with Crippen molar-refractivity contribution in [3.05, 3.63) is 71.9 Å². The SMILES string of the molecule is Cc1ccc(Nc2ccc3c(c2)ncn3-c2ccc(C(C)O)c(-c3cnn(CC4CC4)c3C)n2)nn1. The van der Waals surface area contributed by atoms with Crippen LogP contribution in [0.15, 0.2) is 55.0 Å². The molecular formula is C27H28N8O. The Labute approximate surface area is 208 Å². The highest BCUT2D eigenvalue weighted by molar-refractivity contribution is 5.82. The van der Waals surface area contributed by atoms with Crippen LogP contribution in [0.2, 0.25) is 0 Å². The van der Waals surface area contributed by atoms with E-state index in [0.717, 1.165) is 63.2 Å². The number of aromatic nitrogens is 7. The van der Waals surface area contributed by atoms with E-state index in [-0.39, 0.29) is 0 Å². The van der Waals surface area contributed by atoms with Gasteiger partial charge in [0.2, 0.25) is 0 Å². The van der Waals surface area contributed by atoms with Crippen molar-refractivity contribution in [3.63, 3.8) is 0 Å². The molecule has 0 bridgehead atoms. The van der Waals surface area contributed by atoms with Gasteiger partial charge in [-0.3, -0.25) is 9.25 Å². The average Bonchev–Trinajstić information content (AvgIpc) is 3.48. The lowest BCUT2D eigenvalue weighted by Crippen LogP contribution is -2.06. The zero-order valence-corrected chi connectivity index (χ0v) is 20.5. The Kier molecular flexibility index (Phi) is 5.49. The van der Waals surface area contributed by atoms with Crippen LogP contribution in [-0.4, -0.2) is 39.6 Å². The molecule has 9 nitrogen and oxygen atoms in total. The summed E-state index contributed by atoms with van der Waals surface area (Å²) in [6.45, 7) is 6.69. The monoisotopic (exact) mass is 480 g/mol. The van der Waals surface area contributed by atoms with Crippen LogP contribution in [0.4, 0.5) is 11.5 Å². The zero-order valence-electron chi connectivity index (χ0n) is 20.5. The summed E-state index contributed by atoms with van der Waals surface area (Å²) in [4.78, 5) is 9.61. The van der Waals surface area contributed by atoms with E-state index in [2.05, 4.69) is 37.2 Å². The van der Waals surface area contributed by atoms with Crippen LogP contribution in [0.3, 0.4) is 0 Å². The minimum atomic E-state index is -0.647. The lowest BCUT2D eigenvalue weighted by molar-refractivity contribution is 0.199. The third-order valence-electron chi connectivity index (χ3n) is 6.71. The Bertz CT molecular complexity index is 1550. The van der Waals surface area contributed by atoms with Gasteiger partial charge in [0.05, 0.1) is 34.7 Å². The number of hydrogen-bond acceptors (Lipinski definition) is 7. The van der Waals surface area contributed by atoms with E-state index in [4.69, 9.17) is 4.98 Å². The minimum absolute atomic E-state index is 0.647. The third kappa shape index (κ3) is 4.22. The van der Waals surface area contributed by atoms with Crippen molar-refractivity contribution in [1.29, 1.82) is 0 Å². The summed E-state index contributed by atoms with van der Waals surface area (Å²) in [5.41, 5.74) is 7.05. The number of fused-ring (bicyclic) bond motifs is 1. The molecular weight excluding hydrogens is 452 g/mol. The minimum Gasteiger partial charge on any atom is -0.389 e. The summed E-state index contributed by atoms with van der Waals surface area (Å²) in [5, 5.41) is 26.6. The fraction of sp³-hybridized carbons (Fsp3) is 0.296. The van der Waals surface area contributed by atoms with E-state index in [1.54, 1.807) is 13.3 Å². The van der Waals surface area contributed by atoms with Crippen LogP contribution in [-0.2, 0) is 6.54 Å². The average molecular weight is 481 g/mol. The van der Waals surface area contributed by atoms with Gasteiger partial charge in [-0.05, 0) is 75.9 Å². The summed E-state index contributed by atoms with van der Waals surface area (Å²) in [7, 11) is 0. The van der Waals surface area contributed by atoms with Gasteiger partial charge in [-0.25, -0.2) is 9.97 Å². The summed E-state index contributed by atoms with van der Waals surface area (Å²) in [6.07, 6.45) is 5.53. The van der Waals surface area contributed by atoms with E-state index >= 15 is 0 Å². The van der Waals surface area contributed by atoms with E-state index in [9.17, 15) is 5.11 Å². The number of anilines is 2. The standard InChI is InChI=1S/C27H28N8O/c1-16-4-10-25(33-32-16)30-20-7-9-24-23(12-20)28-15-34(24)26-11-8-21(18(3)36)27(31-26)22-13-29-35(17(22)2)14-19-5-6-19/h4,7-13,15,18-19,36H,5-6,14H2,1-3H3,(H,30,33). The van der Waals surface area contributed by atoms with Crippen LogP contribution in [0.1, 0.15) is 42.8 Å². The molecule has 9 heteroatoms. The number of imidazole rings is 1. The molecule has 1 saturated carbocycles. The number of benzene rings is 1. The van der Waals surface area contributed by atoms with Crippen molar-refractivity contribution in [2.45, 2.75) is 46.3 Å². The Hall–Kier alpha value is -4.11. The van der Waals surface area contributed by atoms with Gasteiger partial charge in [0.1, 0.15) is 12.1 Å². The highest BCUT2D eigenvalue weighted by Crippen LogP contribution is 2.34. The molecule has 0 radical (unpaired) electrons. The van der Waals surface area contributed by atoms with Gasteiger partial charge in [0.15, 0.2) is 5.82 Å². The van der Waals surface area contributed by atoms with Gasteiger partial charge in [-0.2, -0.15) is 10.2 Å². The largest absolute Gasteiger partial charge is 0.389 e. The number of pyridine rings is 1. The molecule has 1 aliphatic carbocycles. The molecule has 1 atom stereocenters. The Morgan fingerprint density at radius 1 is 1.08 bits per heavy atom. The van der Waals surface area contributed by atoms with E-state index in [1.807, 2.05) is 60.2 Å². The maximum atomic E-state index is 10.5. The third-order valence-corrected chi connectivity index (χ3v) is 6.71. The van der Waals surface area contributed by atoms with Crippen LogP contribution < -0.4 is 5.32 Å². The molecule has 1 fully saturated rings. The van der Waals surface area contributed by atoms with Crippen molar-refractivity contribution in [2.75, 3.05) is 5.32 Å². The molecule has 4 heterocycles. The number of aliphatic hydroxyl groups excluding tert-OH is 1. The zero-order chi connectivity index (χ0) is 24.8. The highest BCUT2D eigenvalue weighted by Gasteiger charge is 2.24. The molecule has 0 saturated heterocycles. The summed E-state index contributed by atoms with van der Waals surface area (Å²) in [6, 6.07) is 13.6. The molecule has 2 N–H and O–H groups in total. The van der Waals surface area contributed by atoms with Crippen LogP contribution >= 0.6 is 0 Å². The first kappa shape index (κ1) is 22.4. The highest BCUT2D eigenvalue weighted by atomic mass is 16.3. The number of rotatable bonds is 7. The lowest BCUT2D eigenvalue weighted by Gasteiger charge is -2.14. The normalized spacial score (nSPS) is 14.3. The fourth-order valence-electron chi connectivity index (χ4n) is 4.44. The molecule has 0 amide bonds. The Morgan fingerprint density at radius 3 is 2.69 bits per heavy atom. The predicted octanol–water partition coefficient (Wildman–Crippen LogP) is 4.90. The van der Waals surface area contributed by atoms with Crippen molar-refractivity contribution in [1.82, 2.24) is 34.5 Å². The maximum absolute atomic E-state index is 10.5. The van der Waals surface area contributed by atoms with Gasteiger partial charge in [-0.1, -0.05) is 6.07 Å². The van der Waals surface area contributed by atoms with Gasteiger partial charge in [0.25, 0.3) is 0 Å². The molecule has 6 rings (SSSR count). The molecule has 36 heavy (non-hydrogen) atoms. The number of hydrogen-bond donors (Lipinski definition) is 2. The second-order valence-electron chi connectivity index (χ2n) is 9.56. The van der Waals surface area contributed by atoms with Crippen LogP contribution in [0.5, 0.6) is 0 Å². The number of aliphatic hydroxyl groups is 1. The first-order valence-corrected chi connectivity index (χ1v) is 12.2. The molecule has 1 aromatic carbocycles. The quantitative estimate of drug-likeness (QED) is 0.341. The summed E-state index contributed by atoms with van der Waals surface area (Å²) >= 11 is 0.